The summed E-state index contributed by atoms with van der Waals surface area (Å²) in [6.07, 6.45) is 3.42. The Morgan fingerprint density at radius 2 is 1.76 bits per heavy atom. The van der Waals surface area contributed by atoms with Crippen LogP contribution >= 0.6 is 11.8 Å². The Morgan fingerprint density at radius 1 is 1.00 bits per heavy atom. The first-order chi connectivity index (χ1) is 14.2. The highest BCUT2D eigenvalue weighted by Crippen LogP contribution is 2.31. The second-order valence-corrected chi connectivity index (χ2v) is 7.91. The number of hydrogen-bond acceptors (Lipinski definition) is 5. The van der Waals surface area contributed by atoms with Gasteiger partial charge in [-0.3, -0.25) is 9.69 Å². The molecule has 0 unspecified atom stereocenters. The summed E-state index contributed by atoms with van der Waals surface area (Å²) >= 11 is 1.88. The molecule has 6 heteroatoms. The summed E-state index contributed by atoms with van der Waals surface area (Å²) in [5.41, 5.74) is 0.830. The second kappa shape index (κ2) is 10.9. The first kappa shape index (κ1) is 21.3. The van der Waals surface area contributed by atoms with Gasteiger partial charge < -0.3 is 14.4 Å². The fourth-order valence-corrected chi connectivity index (χ4v) is 4.25. The van der Waals surface area contributed by atoms with E-state index in [1.807, 2.05) is 40.9 Å². The Bertz CT molecular complexity index is 818. The molecular weight excluding hydrogens is 384 g/mol. The van der Waals surface area contributed by atoms with Crippen molar-refractivity contribution in [3.63, 3.8) is 0 Å². The van der Waals surface area contributed by atoms with Gasteiger partial charge in [-0.1, -0.05) is 30.3 Å². The van der Waals surface area contributed by atoms with Gasteiger partial charge in [-0.15, -0.1) is 11.8 Å². The highest BCUT2D eigenvalue weighted by atomic mass is 32.2. The van der Waals surface area contributed by atoms with Crippen LogP contribution in [-0.4, -0.2) is 68.4 Å². The Hall–Kier alpha value is -2.44. The summed E-state index contributed by atoms with van der Waals surface area (Å²) in [7, 11) is 3.21. The molecule has 0 N–H and O–H groups in total. The van der Waals surface area contributed by atoms with E-state index >= 15 is 0 Å². The predicted molar refractivity (Wildman–Crippen MR) is 119 cm³/mol. The highest BCUT2D eigenvalue weighted by Gasteiger charge is 2.19. The number of hydrogen-bond donors (Lipinski definition) is 0. The van der Waals surface area contributed by atoms with Crippen molar-refractivity contribution in [3.8, 4) is 11.5 Å². The number of rotatable bonds is 8. The summed E-state index contributed by atoms with van der Waals surface area (Å²) in [6.45, 7) is 4.39. The molecule has 0 saturated carbocycles. The van der Waals surface area contributed by atoms with Gasteiger partial charge in [0.2, 0.25) is 5.91 Å². The van der Waals surface area contributed by atoms with Crippen molar-refractivity contribution in [1.29, 1.82) is 0 Å². The molecule has 0 atom stereocenters. The molecule has 1 heterocycles. The molecule has 0 spiro atoms. The van der Waals surface area contributed by atoms with E-state index in [1.165, 1.54) is 4.90 Å². The number of para-hydroxylation sites is 1. The maximum atomic E-state index is 12.6. The van der Waals surface area contributed by atoms with Crippen LogP contribution in [0.3, 0.4) is 0 Å². The van der Waals surface area contributed by atoms with Gasteiger partial charge in [0, 0.05) is 55.0 Å². The summed E-state index contributed by atoms with van der Waals surface area (Å²) in [5, 5.41) is 0. The number of piperazine rings is 1. The van der Waals surface area contributed by atoms with E-state index in [2.05, 4.69) is 29.2 Å². The van der Waals surface area contributed by atoms with Gasteiger partial charge >= 0.3 is 0 Å². The first-order valence-corrected chi connectivity index (χ1v) is 10.8. The Balaban J connectivity index is 1.46. The lowest BCUT2D eigenvalue weighted by atomic mass is 10.1. The monoisotopic (exact) mass is 412 g/mol. The van der Waals surface area contributed by atoms with Crippen molar-refractivity contribution in [3.05, 3.63) is 60.2 Å². The standard InChI is InChI=1S/C23H28N2O3S/c1-27-21-10-6-7-19(23(21)28-2)11-12-22(26)25-15-13-24(14-16-25)17-18-29-20-8-4-3-5-9-20/h3-12H,13-18H2,1-2H3/b12-11+. The second-order valence-electron chi connectivity index (χ2n) is 6.74. The molecule has 154 valence electrons. The minimum atomic E-state index is 0.0354. The number of carbonyl (C=O) groups excluding carboxylic acids is 1. The summed E-state index contributed by atoms with van der Waals surface area (Å²) in [5.74, 6) is 2.39. The molecule has 0 aliphatic carbocycles. The fraction of sp³-hybridized carbons (Fsp3) is 0.348. The molecule has 5 nitrogen and oxygen atoms in total. The van der Waals surface area contributed by atoms with Gasteiger partial charge in [-0.05, 0) is 24.3 Å². The molecule has 1 fully saturated rings. The average molecular weight is 413 g/mol. The van der Waals surface area contributed by atoms with Gasteiger partial charge in [-0.25, -0.2) is 0 Å². The third-order valence-corrected chi connectivity index (χ3v) is 5.93. The number of ether oxygens (including phenoxy) is 2. The van der Waals surface area contributed by atoms with E-state index in [-0.39, 0.29) is 5.91 Å². The summed E-state index contributed by atoms with van der Waals surface area (Å²) in [6, 6.07) is 16.1. The SMILES string of the molecule is COc1cccc(/C=C/C(=O)N2CCN(CCSc3ccccc3)CC2)c1OC. The number of amides is 1. The molecule has 0 bridgehead atoms. The number of thioether (sulfide) groups is 1. The Labute approximate surface area is 177 Å². The average Bonchev–Trinajstić information content (AvgIpc) is 2.78. The lowest BCUT2D eigenvalue weighted by Crippen LogP contribution is -2.48. The molecular formula is C23H28N2O3S. The number of methoxy groups -OCH3 is 2. The Morgan fingerprint density at radius 3 is 2.45 bits per heavy atom. The van der Waals surface area contributed by atoms with Gasteiger partial charge in [0.1, 0.15) is 0 Å². The van der Waals surface area contributed by atoms with Gasteiger partial charge in [-0.2, -0.15) is 0 Å². The van der Waals surface area contributed by atoms with Crippen LogP contribution in [0.4, 0.5) is 0 Å². The molecule has 2 aromatic carbocycles. The molecule has 2 aromatic rings. The van der Waals surface area contributed by atoms with Gasteiger partial charge in [0.15, 0.2) is 11.5 Å². The minimum absolute atomic E-state index is 0.0354. The van der Waals surface area contributed by atoms with Crippen molar-refractivity contribution in [2.45, 2.75) is 4.90 Å². The van der Waals surface area contributed by atoms with Crippen molar-refractivity contribution >= 4 is 23.7 Å². The molecule has 29 heavy (non-hydrogen) atoms. The number of nitrogens with zero attached hydrogens (tertiary/aromatic N) is 2. The molecule has 0 aromatic heterocycles. The smallest absolute Gasteiger partial charge is 0.246 e. The first-order valence-electron chi connectivity index (χ1n) is 9.79. The van der Waals surface area contributed by atoms with Crippen LogP contribution in [0.15, 0.2) is 59.5 Å². The summed E-state index contributed by atoms with van der Waals surface area (Å²) < 4.78 is 10.7. The lowest BCUT2D eigenvalue weighted by molar-refractivity contribution is -0.127. The van der Waals surface area contributed by atoms with E-state index in [1.54, 1.807) is 26.4 Å². The summed E-state index contributed by atoms with van der Waals surface area (Å²) in [4.78, 5) is 18.2. The van der Waals surface area contributed by atoms with Crippen LogP contribution in [0, 0.1) is 0 Å². The third-order valence-electron chi connectivity index (χ3n) is 4.94. The van der Waals surface area contributed by atoms with Crippen molar-refractivity contribution in [2.24, 2.45) is 0 Å². The van der Waals surface area contributed by atoms with Gasteiger partial charge in [0.25, 0.3) is 0 Å². The Kier molecular flexibility index (Phi) is 8.02. The zero-order valence-corrected chi connectivity index (χ0v) is 17.9. The normalized spacial score (nSPS) is 14.9. The number of benzene rings is 2. The van der Waals surface area contributed by atoms with Crippen molar-refractivity contribution in [1.82, 2.24) is 9.80 Å². The fourth-order valence-electron chi connectivity index (χ4n) is 3.31. The minimum Gasteiger partial charge on any atom is -0.493 e. The third kappa shape index (κ3) is 6.02. The maximum absolute atomic E-state index is 12.6. The van der Waals surface area contributed by atoms with E-state index in [4.69, 9.17) is 9.47 Å². The number of carbonyl (C=O) groups is 1. The lowest BCUT2D eigenvalue weighted by Gasteiger charge is -2.34. The van der Waals surface area contributed by atoms with Crippen LogP contribution in [0.5, 0.6) is 11.5 Å². The molecule has 0 radical (unpaired) electrons. The molecule has 1 saturated heterocycles. The maximum Gasteiger partial charge on any atom is 0.246 e. The van der Waals surface area contributed by atoms with Crippen molar-refractivity contribution in [2.75, 3.05) is 52.7 Å². The van der Waals surface area contributed by atoms with Crippen LogP contribution in [0.25, 0.3) is 6.08 Å². The van der Waals surface area contributed by atoms with E-state index < -0.39 is 0 Å². The van der Waals surface area contributed by atoms with Crippen LogP contribution < -0.4 is 9.47 Å². The molecule has 1 aliphatic heterocycles. The van der Waals surface area contributed by atoms with Gasteiger partial charge in [0.05, 0.1) is 14.2 Å². The predicted octanol–water partition coefficient (Wildman–Crippen LogP) is 3.65. The zero-order valence-electron chi connectivity index (χ0n) is 17.0. The zero-order chi connectivity index (χ0) is 20.5. The largest absolute Gasteiger partial charge is 0.493 e. The molecule has 1 aliphatic rings. The van der Waals surface area contributed by atoms with Crippen molar-refractivity contribution < 1.29 is 14.3 Å². The van der Waals surface area contributed by atoms with Crippen LogP contribution in [0.1, 0.15) is 5.56 Å². The van der Waals surface area contributed by atoms with E-state index in [9.17, 15) is 4.79 Å². The van der Waals surface area contributed by atoms with E-state index in [0.717, 1.165) is 44.0 Å². The highest BCUT2D eigenvalue weighted by molar-refractivity contribution is 7.99. The molecule has 3 rings (SSSR count). The topological polar surface area (TPSA) is 42.0 Å². The quantitative estimate of drug-likeness (QED) is 0.489. The molecule has 1 amide bonds. The van der Waals surface area contributed by atoms with E-state index in [0.29, 0.717) is 11.5 Å². The van der Waals surface area contributed by atoms with Crippen LogP contribution in [0.2, 0.25) is 0 Å². The van der Waals surface area contributed by atoms with Crippen LogP contribution in [-0.2, 0) is 4.79 Å².